The van der Waals surface area contributed by atoms with E-state index < -0.39 is 0 Å². The molecule has 5 rings (SSSR count). The number of aromatic nitrogens is 3. The fourth-order valence-electron chi connectivity index (χ4n) is 3.02. The first-order valence-corrected chi connectivity index (χ1v) is 10.8. The lowest BCUT2D eigenvalue weighted by Gasteiger charge is -2.14. The third kappa shape index (κ3) is 3.83. The molecule has 2 heterocycles. The van der Waals surface area contributed by atoms with Crippen LogP contribution in [0.5, 0.6) is 11.5 Å². The summed E-state index contributed by atoms with van der Waals surface area (Å²) >= 11 is 5.15. The number of benzene rings is 3. The minimum atomic E-state index is 0.732. The highest BCUT2D eigenvalue weighted by Crippen LogP contribution is 2.30. The van der Waals surface area contributed by atoms with E-state index >= 15 is 0 Å². The number of hydrogen-bond acceptors (Lipinski definition) is 5. The van der Waals surface area contributed by atoms with E-state index in [0.717, 1.165) is 49.5 Å². The van der Waals surface area contributed by atoms with Gasteiger partial charge in [0.2, 0.25) is 5.16 Å². The normalized spacial score (nSPS) is 12.9. The van der Waals surface area contributed by atoms with E-state index in [4.69, 9.17) is 9.84 Å². The summed E-state index contributed by atoms with van der Waals surface area (Å²) < 4.78 is 8.69. The zero-order valence-electron chi connectivity index (χ0n) is 15.2. The van der Waals surface area contributed by atoms with Crippen LogP contribution in [0.1, 0.15) is 5.56 Å². The third-order valence-electron chi connectivity index (χ3n) is 4.42. The number of thioether (sulfide) groups is 1. The minimum Gasteiger partial charge on any atom is -0.457 e. The van der Waals surface area contributed by atoms with Gasteiger partial charge in [0.15, 0.2) is 5.82 Å². The van der Waals surface area contributed by atoms with Crippen molar-refractivity contribution in [2.45, 2.75) is 5.16 Å². The predicted molar refractivity (Wildman–Crippen MR) is 119 cm³/mol. The molecule has 0 N–H and O–H groups in total. The van der Waals surface area contributed by atoms with E-state index in [1.165, 1.54) is 0 Å². The van der Waals surface area contributed by atoms with Gasteiger partial charge in [0.1, 0.15) is 11.5 Å². The fraction of sp³-hybridized carbons (Fsp3) is 0.0455. The molecular weight excluding hydrogens is 448 g/mol. The van der Waals surface area contributed by atoms with Crippen LogP contribution >= 0.6 is 27.7 Å². The number of fused-ring (bicyclic) bond motifs is 1. The number of ether oxygens (including phenoxy) is 1. The Bertz CT molecular complexity index is 1190. The number of nitrogens with zero attached hydrogens (tertiary/aromatic N) is 4. The van der Waals surface area contributed by atoms with Gasteiger partial charge >= 0.3 is 0 Å². The molecule has 0 radical (unpaired) electrons. The summed E-state index contributed by atoms with van der Waals surface area (Å²) in [6.07, 6.45) is 0. The van der Waals surface area contributed by atoms with Crippen LogP contribution in [0.25, 0.3) is 11.4 Å². The Morgan fingerprint density at radius 2 is 1.62 bits per heavy atom. The Labute approximate surface area is 180 Å². The third-order valence-corrected chi connectivity index (χ3v) is 5.84. The van der Waals surface area contributed by atoms with Gasteiger partial charge in [0.05, 0.1) is 5.71 Å². The molecule has 142 valence electrons. The van der Waals surface area contributed by atoms with Crippen molar-refractivity contribution < 1.29 is 4.74 Å². The summed E-state index contributed by atoms with van der Waals surface area (Å²) in [6, 6.07) is 25.7. The van der Waals surface area contributed by atoms with Crippen molar-refractivity contribution in [1.29, 1.82) is 0 Å². The molecule has 7 heteroatoms. The maximum absolute atomic E-state index is 5.88. The lowest BCUT2D eigenvalue weighted by Crippen LogP contribution is -2.13. The first-order chi connectivity index (χ1) is 14.3. The van der Waals surface area contributed by atoms with Crippen LogP contribution < -0.4 is 4.74 Å². The van der Waals surface area contributed by atoms with Crippen molar-refractivity contribution in [2.75, 3.05) is 5.75 Å². The quantitative estimate of drug-likeness (QED) is 0.381. The summed E-state index contributed by atoms with van der Waals surface area (Å²) in [7, 11) is 0. The molecule has 0 fully saturated rings. The molecule has 1 aliphatic rings. The van der Waals surface area contributed by atoms with Gasteiger partial charge in [0, 0.05) is 15.8 Å². The number of hydrogen-bond donors (Lipinski definition) is 0. The molecule has 0 saturated carbocycles. The van der Waals surface area contributed by atoms with Crippen LogP contribution in [0, 0.1) is 0 Å². The highest BCUT2D eigenvalue weighted by atomic mass is 79.9. The predicted octanol–water partition coefficient (Wildman–Crippen LogP) is 5.86. The molecule has 0 saturated heterocycles. The van der Waals surface area contributed by atoms with E-state index in [1.54, 1.807) is 11.8 Å². The standard InChI is InChI=1S/C22H15BrN4OS/c23-17-6-4-5-16(13-17)21-24-25-22-27(21)26-20(14-29-22)15-9-11-19(12-10-15)28-18-7-2-1-3-8-18/h1-13H,14H2. The maximum Gasteiger partial charge on any atom is 0.212 e. The van der Waals surface area contributed by atoms with E-state index in [-0.39, 0.29) is 0 Å². The van der Waals surface area contributed by atoms with Crippen LogP contribution in [0.2, 0.25) is 0 Å². The Morgan fingerprint density at radius 1 is 0.828 bits per heavy atom. The van der Waals surface area contributed by atoms with Gasteiger partial charge in [0.25, 0.3) is 0 Å². The molecule has 4 aromatic rings. The van der Waals surface area contributed by atoms with Crippen LogP contribution in [0.3, 0.4) is 0 Å². The Hall–Kier alpha value is -2.90. The van der Waals surface area contributed by atoms with Crippen molar-refractivity contribution >= 4 is 33.4 Å². The van der Waals surface area contributed by atoms with Crippen molar-refractivity contribution in [2.24, 2.45) is 5.10 Å². The SMILES string of the molecule is Brc1cccc(-c2nnc3n2N=C(c2ccc(Oc4ccccc4)cc2)CS3)c1. The van der Waals surface area contributed by atoms with E-state index in [9.17, 15) is 0 Å². The summed E-state index contributed by atoms with van der Waals surface area (Å²) in [4.78, 5) is 0. The van der Waals surface area contributed by atoms with Crippen LogP contribution in [0.15, 0.2) is 93.6 Å². The molecule has 0 spiro atoms. The summed E-state index contributed by atoms with van der Waals surface area (Å²) in [5.74, 6) is 3.09. The van der Waals surface area contributed by atoms with E-state index in [0.29, 0.717) is 0 Å². The van der Waals surface area contributed by atoms with E-state index in [2.05, 4.69) is 26.1 Å². The molecule has 0 unspecified atom stereocenters. The molecule has 0 atom stereocenters. The monoisotopic (exact) mass is 462 g/mol. The van der Waals surface area contributed by atoms with Gasteiger partial charge in [-0.2, -0.15) is 9.78 Å². The lowest BCUT2D eigenvalue weighted by atomic mass is 10.1. The number of rotatable bonds is 4. The molecule has 1 aliphatic heterocycles. The second-order valence-corrected chi connectivity index (χ2v) is 8.26. The number of para-hydroxylation sites is 1. The zero-order chi connectivity index (χ0) is 19.6. The van der Waals surface area contributed by atoms with Gasteiger partial charge in [-0.1, -0.05) is 58.0 Å². The van der Waals surface area contributed by atoms with Crippen molar-refractivity contribution in [3.63, 3.8) is 0 Å². The average molecular weight is 463 g/mol. The fourth-order valence-corrected chi connectivity index (χ4v) is 4.25. The molecule has 0 bridgehead atoms. The Balaban J connectivity index is 1.43. The van der Waals surface area contributed by atoms with Crippen molar-refractivity contribution in [3.05, 3.63) is 88.9 Å². The summed E-state index contributed by atoms with van der Waals surface area (Å²) in [6.45, 7) is 0. The largest absolute Gasteiger partial charge is 0.457 e. The second kappa shape index (κ2) is 7.85. The zero-order valence-corrected chi connectivity index (χ0v) is 17.6. The van der Waals surface area contributed by atoms with Crippen LogP contribution in [-0.2, 0) is 0 Å². The molecule has 29 heavy (non-hydrogen) atoms. The topological polar surface area (TPSA) is 52.3 Å². The molecular formula is C22H15BrN4OS. The highest BCUT2D eigenvalue weighted by Gasteiger charge is 2.20. The Morgan fingerprint density at radius 3 is 2.41 bits per heavy atom. The van der Waals surface area contributed by atoms with Crippen LogP contribution in [-0.4, -0.2) is 26.3 Å². The highest BCUT2D eigenvalue weighted by molar-refractivity contribution is 9.10. The molecule has 5 nitrogen and oxygen atoms in total. The van der Waals surface area contributed by atoms with Crippen LogP contribution in [0.4, 0.5) is 0 Å². The van der Waals surface area contributed by atoms with Gasteiger partial charge in [-0.15, -0.1) is 10.2 Å². The smallest absolute Gasteiger partial charge is 0.212 e. The molecule has 0 amide bonds. The van der Waals surface area contributed by atoms with E-state index in [1.807, 2.05) is 83.5 Å². The van der Waals surface area contributed by atoms with Gasteiger partial charge < -0.3 is 4.74 Å². The average Bonchev–Trinajstić information content (AvgIpc) is 3.18. The maximum atomic E-state index is 5.88. The van der Waals surface area contributed by atoms with Gasteiger partial charge in [-0.05, 0) is 54.1 Å². The van der Waals surface area contributed by atoms with Crippen molar-refractivity contribution in [3.8, 4) is 22.9 Å². The van der Waals surface area contributed by atoms with Crippen molar-refractivity contribution in [1.82, 2.24) is 14.9 Å². The summed E-state index contributed by atoms with van der Waals surface area (Å²) in [5, 5.41) is 14.3. The first kappa shape index (κ1) is 18.1. The number of halogens is 1. The van der Waals surface area contributed by atoms with Gasteiger partial charge in [-0.3, -0.25) is 0 Å². The first-order valence-electron chi connectivity index (χ1n) is 9.02. The Kier molecular flexibility index (Phi) is 4.91. The second-order valence-electron chi connectivity index (χ2n) is 6.40. The molecule has 0 aliphatic carbocycles. The summed E-state index contributed by atoms with van der Waals surface area (Å²) in [5.41, 5.74) is 3.00. The lowest BCUT2D eigenvalue weighted by molar-refractivity contribution is 0.482. The minimum absolute atomic E-state index is 0.732. The molecule has 1 aromatic heterocycles. The molecule has 3 aromatic carbocycles. The van der Waals surface area contributed by atoms with Gasteiger partial charge in [-0.25, -0.2) is 0 Å².